The highest BCUT2D eigenvalue weighted by molar-refractivity contribution is 5.80. The first-order valence-corrected chi connectivity index (χ1v) is 10.5. The van der Waals surface area contributed by atoms with Gasteiger partial charge in [-0.05, 0) is 12.3 Å². The minimum atomic E-state index is -4.69. The number of carbonyl (C=O) groups excluding carboxylic acids is 2. The minimum Gasteiger partial charge on any atom is -0.354 e. The fraction of sp³-hybridized carbons (Fsp3) is 0.684. The van der Waals surface area contributed by atoms with E-state index in [2.05, 4.69) is 26.1 Å². The maximum absolute atomic E-state index is 13.3. The van der Waals surface area contributed by atoms with Crippen LogP contribution in [0, 0.1) is 11.8 Å². The molecule has 1 aromatic heterocycles. The first-order chi connectivity index (χ1) is 15.1. The summed E-state index contributed by atoms with van der Waals surface area (Å²) >= 11 is 0. The van der Waals surface area contributed by atoms with E-state index in [-0.39, 0.29) is 18.8 Å². The average molecular weight is 461 g/mol. The number of amides is 2. The number of hydrogen-bond acceptors (Lipinski definition) is 8. The predicted molar refractivity (Wildman–Crippen MR) is 111 cm³/mol. The van der Waals surface area contributed by atoms with Crippen LogP contribution in [0.1, 0.15) is 38.8 Å². The molecule has 32 heavy (non-hydrogen) atoms. The summed E-state index contributed by atoms with van der Waals surface area (Å²) in [5.41, 5.74) is 3.53. The standard InChI is InChI=1S/C19H30F3N7O3/c1-13(2)4-3-5-14(11-29(32)12-30)17(31)26-27-18-24-15(19(20,21)22)10-16(25-18)28-8-6-23-7-9-28/h10,12-14,23,32H,3-9,11H2,1-2H3,(H,26,31)(H,24,25,27)/t14-/m1/s1. The van der Waals surface area contributed by atoms with Crippen LogP contribution in [0.15, 0.2) is 6.07 Å². The molecule has 2 amide bonds. The van der Waals surface area contributed by atoms with Crippen molar-refractivity contribution in [2.24, 2.45) is 11.8 Å². The van der Waals surface area contributed by atoms with E-state index in [1.54, 1.807) is 4.90 Å². The number of hydrogen-bond donors (Lipinski definition) is 4. The number of nitrogens with one attached hydrogen (secondary N) is 3. The Morgan fingerprint density at radius 1 is 1.31 bits per heavy atom. The number of piperazine rings is 1. The number of hydroxylamine groups is 2. The highest BCUT2D eigenvalue weighted by atomic mass is 19.4. The Kier molecular flexibility index (Phi) is 9.44. The van der Waals surface area contributed by atoms with Crippen LogP contribution in [0.25, 0.3) is 0 Å². The van der Waals surface area contributed by atoms with Gasteiger partial charge in [0.1, 0.15) is 5.82 Å². The lowest BCUT2D eigenvalue weighted by molar-refractivity contribution is -0.154. The van der Waals surface area contributed by atoms with Crippen LogP contribution in [0.2, 0.25) is 0 Å². The van der Waals surface area contributed by atoms with E-state index < -0.39 is 29.6 Å². The molecule has 10 nitrogen and oxygen atoms in total. The Morgan fingerprint density at radius 3 is 2.59 bits per heavy atom. The molecule has 1 aliphatic rings. The van der Waals surface area contributed by atoms with Gasteiger partial charge in [0.05, 0.1) is 12.5 Å². The molecule has 0 aromatic carbocycles. The third kappa shape index (κ3) is 8.11. The van der Waals surface area contributed by atoms with Gasteiger partial charge in [0, 0.05) is 32.2 Å². The molecular weight excluding hydrogens is 431 g/mol. The summed E-state index contributed by atoms with van der Waals surface area (Å²) in [7, 11) is 0. The molecule has 1 saturated heterocycles. The molecule has 0 bridgehead atoms. The number of anilines is 2. The van der Waals surface area contributed by atoms with E-state index in [0.717, 1.165) is 12.5 Å². The summed E-state index contributed by atoms with van der Waals surface area (Å²) in [4.78, 5) is 32.6. The van der Waals surface area contributed by atoms with Gasteiger partial charge in [-0.3, -0.25) is 25.6 Å². The Balaban J connectivity index is 2.12. The van der Waals surface area contributed by atoms with E-state index in [4.69, 9.17) is 0 Å². The second-order valence-electron chi connectivity index (χ2n) is 8.03. The van der Waals surface area contributed by atoms with Crippen LogP contribution in [0.5, 0.6) is 0 Å². The lowest BCUT2D eigenvalue weighted by atomic mass is 9.97. The van der Waals surface area contributed by atoms with Crippen molar-refractivity contribution in [3.8, 4) is 0 Å². The zero-order chi connectivity index (χ0) is 23.7. The summed E-state index contributed by atoms with van der Waals surface area (Å²) < 4.78 is 40.0. The quantitative estimate of drug-likeness (QED) is 0.223. The maximum Gasteiger partial charge on any atom is 0.433 e. The van der Waals surface area contributed by atoms with E-state index >= 15 is 0 Å². The smallest absolute Gasteiger partial charge is 0.354 e. The van der Waals surface area contributed by atoms with Crippen molar-refractivity contribution >= 4 is 24.1 Å². The van der Waals surface area contributed by atoms with E-state index in [0.29, 0.717) is 50.0 Å². The summed E-state index contributed by atoms with van der Waals surface area (Å²) in [5, 5.41) is 13.0. The summed E-state index contributed by atoms with van der Waals surface area (Å²) in [6.07, 6.45) is -2.60. The number of rotatable bonds is 11. The van der Waals surface area contributed by atoms with Crippen molar-refractivity contribution < 1.29 is 28.0 Å². The lowest BCUT2D eigenvalue weighted by Gasteiger charge is -2.29. The lowest BCUT2D eigenvalue weighted by Crippen LogP contribution is -2.44. The molecular formula is C19H30F3N7O3. The van der Waals surface area contributed by atoms with Gasteiger partial charge < -0.3 is 10.2 Å². The molecule has 13 heteroatoms. The Bertz CT molecular complexity index is 758. The normalized spacial score (nSPS) is 15.4. The largest absolute Gasteiger partial charge is 0.433 e. The molecule has 2 heterocycles. The van der Waals surface area contributed by atoms with Crippen LogP contribution in [0.4, 0.5) is 24.9 Å². The van der Waals surface area contributed by atoms with Crippen molar-refractivity contribution in [2.75, 3.05) is 43.0 Å². The van der Waals surface area contributed by atoms with Crippen LogP contribution in [-0.4, -0.2) is 65.3 Å². The van der Waals surface area contributed by atoms with Gasteiger partial charge >= 0.3 is 6.18 Å². The number of aromatic nitrogens is 2. The van der Waals surface area contributed by atoms with Gasteiger partial charge in [-0.15, -0.1) is 0 Å². The molecule has 1 aliphatic heterocycles. The fourth-order valence-corrected chi connectivity index (χ4v) is 3.26. The van der Waals surface area contributed by atoms with Crippen molar-refractivity contribution in [3.63, 3.8) is 0 Å². The molecule has 2 rings (SSSR count). The van der Waals surface area contributed by atoms with E-state index in [1.165, 1.54) is 0 Å². The number of alkyl halides is 3. The highest BCUT2D eigenvalue weighted by Gasteiger charge is 2.34. The van der Waals surface area contributed by atoms with Gasteiger partial charge in [0.15, 0.2) is 5.69 Å². The molecule has 0 saturated carbocycles. The predicted octanol–water partition coefficient (Wildman–Crippen LogP) is 1.64. The third-order valence-electron chi connectivity index (χ3n) is 4.98. The topological polar surface area (TPSA) is 123 Å². The monoisotopic (exact) mass is 461 g/mol. The summed E-state index contributed by atoms with van der Waals surface area (Å²) in [6, 6.07) is 0.876. The van der Waals surface area contributed by atoms with Gasteiger partial charge in [-0.25, -0.2) is 10.0 Å². The van der Waals surface area contributed by atoms with E-state index in [9.17, 15) is 28.0 Å². The number of nitrogens with zero attached hydrogens (tertiary/aromatic N) is 4. The first-order valence-electron chi connectivity index (χ1n) is 10.5. The molecule has 180 valence electrons. The average Bonchev–Trinajstić information content (AvgIpc) is 2.76. The van der Waals surface area contributed by atoms with E-state index in [1.807, 2.05) is 13.8 Å². The Labute approximate surface area is 184 Å². The second-order valence-corrected chi connectivity index (χ2v) is 8.03. The molecule has 1 aromatic rings. The van der Waals surface area contributed by atoms with Crippen LogP contribution < -0.4 is 21.1 Å². The van der Waals surface area contributed by atoms with Gasteiger partial charge in [-0.2, -0.15) is 18.2 Å². The number of carbonyl (C=O) groups is 2. The minimum absolute atomic E-state index is 0.0987. The van der Waals surface area contributed by atoms with Crippen molar-refractivity contribution in [1.82, 2.24) is 25.8 Å². The first kappa shape index (κ1) is 25.6. The molecule has 0 unspecified atom stereocenters. The van der Waals surface area contributed by atoms with Crippen molar-refractivity contribution in [2.45, 2.75) is 39.3 Å². The summed E-state index contributed by atoms with van der Waals surface area (Å²) in [5.74, 6) is -1.26. The molecule has 0 aliphatic carbocycles. The van der Waals surface area contributed by atoms with Crippen LogP contribution >= 0.6 is 0 Å². The van der Waals surface area contributed by atoms with Crippen LogP contribution in [0.3, 0.4) is 0 Å². The molecule has 0 radical (unpaired) electrons. The van der Waals surface area contributed by atoms with Crippen molar-refractivity contribution in [3.05, 3.63) is 11.8 Å². The molecule has 0 spiro atoms. The molecule has 1 atom stereocenters. The highest BCUT2D eigenvalue weighted by Crippen LogP contribution is 2.30. The van der Waals surface area contributed by atoms with Crippen molar-refractivity contribution in [1.29, 1.82) is 0 Å². The van der Waals surface area contributed by atoms with Crippen LogP contribution in [-0.2, 0) is 15.8 Å². The fourth-order valence-electron chi connectivity index (χ4n) is 3.26. The van der Waals surface area contributed by atoms with Gasteiger partial charge in [0.25, 0.3) is 0 Å². The summed E-state index contributed by atoms with van der Waals surface area (Å²) in [6.45, 7) is 5.99. The third-order valence-corrected chi connectivity index (χ3v) is 4.98. The number of halogens is 3. The molecule has 4 N–H and O–H groups in total. The van der Waals surface area contributed by atoms with Gasteiger partial charge in [0.2, 0.25) is 18.3 Å². The number of hydrazine groups is 1. The zero-order valence-corrected chi connectivity index (χ0v) is 18.2. The Morgan fingerprint density at radius 2 is 2.00 bits per heavy atom. The maximum atomic E-state index is 13.3. The second kappa shape index (κ2) is 11.8. The van der Waals surface area contributed by atoms with Gasteiger partial charge in [-0.1, -0.05) is 26.7 Å². The molecule has 1 fully saturated rings. The SMILES string of the molecule is CC(C)CCC[C@H](CN(O)C=O)C(=O)NNc1nc(N2CCNCC2)cc(C(F)(F)F)n1. The Hall–Kier alpha value is -2.67. The zero-order valence-electron chi connectivity index (χ0n) is 18.2.